The Morgan fingerprint density at radius 3 is 2.39 bits per heavy atom. The van der Waals surface area contributed by atoms with Gasteiger partial charge in [-0.1, -0.05) is 50.2 Å². The molecule has 2 amide bonds. The highest BCUT2D eigenvalue weighted by atomic mass is 16.2. The molecule has 2 heterocycles. The van der Waals surface area contributed by atoms with Crippen molar-refractivity contribution in [1.82, 2.24) is 19.7 Å². The minimum absolute atomic E-state index is 0.0337. The van der Waals surface area contributed by atoms with E-state index in [4.69, 9.17) is 10.7 Å². The zero-order valence-electron chi connectivity index (χ0n) is 20.5. The van der Waals surface area contributed by atoms with E-state index < -0.39 is 0 Å². The molecule has 1 aliphatic rings. The quantitative estimate of drug-likeness (QED) is 0.333. The maximum absolute atomic E-state index is 12.4. The highest BCUT2D eigenvalue weighted by Gasteiger charge is 2.23. The van der Waals surface area contributed by atoms with Crippen LogP contribution in [0.2, 0.25) is 0 Å². The molecule has 1 fully saturated rings. The van der Waals surface area contributed by atoms with Crippen molar-refractivity contribution in [2.45, 2.75) is 39.2 Å². The molecule has 4 aromatic rings. The average molecular weight is 483 g/mol. The number of benzene rings is 2. The summed E-state index contributed by atoms with van der Waals surface area (Å²) in [5.41, 5.74) is 11.1. The molecule has 2 aromatic carbocycles. The second-order valence-electron chi connectivity index (χ2n) is 9.75. The summed E-state index contributed by atoms with van der Waals surface area (Å²) < 4.78 is 2.03. The van der Waals surface area contributed by atoms with Crippen molar-refractivity contribution < 1.29 is 9.59 Å². The number of aromatic nitrogens is 3. The number of hydrogen-bond acceptors (Lipinski definition) is 5. The van der Waals surface area contributed by atoms with Crippen LogP contribution < -0.4 is 16.4 Å². The van der Waals surface area contributed by atoms with Gasteiger partial charge in [-0.25, -0.2) is 9.97 Å². The van der Waals surface area contributed by atoms with Crippen LogP contribution in [-0.4, -0.2) is 38.8 Å². The number of hydrogen-bond donors (Lipinski definition) is 3. The monoisotopic (exact) mass is 482 g/mol. The van der Waals surface area contributed by atoms with Gasteiger partial charge in [-0.3, -0.25) is 14.0 Å². The van der Waals surface area contributed by atoms with E-state index in [0.717, 1.165) is 53.1 Å². The minimum atomic E-state index is -0.360. The van der Waals surface area contributed by atoms with Crippen LogP contribution >= 0.6 is 0 Å². The number of nitrogens with zero attached hydrogens (tertiary/aromatic N) is 3. The lowest BCUT2D eigenvalue weighted by Crippen LogP contribution is -2.25. The summed E-state index contributed by atoms with van der Waals surface area (Å²) in [6.07, 6.45) is 6.12. The van der Waals surface area contributed by atoms with Crippen molar-refractivity contribution in [2.75, 3.05) is 11.9 Å². The lowest BCUT2D eigenvalue weighted by molar-refractivity contribution is -0.117. The first-order chi connectivity index (χ1) is 17.4. The minimum Gasteiger partial charge on any atom is -0.369 e. The van der Waals surface area contributed by atoms with Crippen molar-refractivity contribution >= 4 is 23.3 Å². The van der Waals surface area contributed by atoms with Crippen molar-refractivity contribution in [1.29, 1.82) is 0 Å². The van der Waals surface area contributed by atoms with E-state index in [1.165, 1.54) is 0 Å². The largest absolute Gasteiger partial charge is 0.369 e. The highest BCUT2D eigenvalue weighted by molar-refractivity contribution is 5.95. The Morgan fingerprint density at radius 2 is 1.75 bits per heavy atom. The van der Waals surface area contributed by atoms with E-state index in [-0.39, 0.29) is 18.2 Å². The molecule has 1 saturated carbocycles. The van der Waals surface area contributed by atoms with Gasteiger partial charge in [0.2, 0.25) is 5.91 Å². The van der Waals surface area contributed by atoms with E-state index in [2.05, 4.69) is 29.5 Å². The predicted molar refractivity (Wildman–Crippen MR) is 141 cm³/mol. The molecule has 36 heavy (non-hydrogen) atoms. The van der Waals surface area contributed by atoms with Crippen LogP contribution in [-0.2, 0) is 11.2 Å². The summed E-state index contributed by atoms with van der Waals surface area (Å²) in [7, 11) is 0. The fourth-order valence-corrected chi connectivity index (χ4v) is 4.04. The number of primary amides is 1. The molecule has 0 spiro atoms. The molecule has 0 atom stereocenters. The maximum atomic E-state index is 12.4. The average Bonchev–Trinajstić information content (AvgIpc) is 3.57. The third-order valence-electron chi connectivity index (χ3n) is 6.15. The van der Waals surface area contributed by atoms with E-state index in [1.54, 1.807) is 0 Å². The highest BCUT2D eigenvalue weighted by Crippen LogP contribution is 2.28. The van der Waals surface area contributed by atoms with Crippen molar-refractivity contribution in [3.63, 3.8) is 0 Å². The number of fused-ring (bicyclic) bond motifs is 1. The summed E-state index contributed by atoms with van der Waals surface area (Å²) in [6, 6.07) is 15.6. The molecular weight excluding hydrogens is 452 g/mol. The van der Waals surface area contributed by atoms with Crippen LogP contribution in [0.5, 0.6) is 0 Å². The number of anilines is 1. The molecule has 1 aliphatic carbocycles. The van der Waals surface area contributed by atoms with Gasteiger partial charge in [0.05, 0.1) is 24.0 Å². The Kier molecular flexibility index (Phi) is 6.41. The molecule has 0 radical (unpaired) electrons. The number of carbonyl (C=O) groups excluding carboxylic acids is 2. The first-order valence-corrected chi connectivity index (χ1v) is 12.3. The second kappa shape index (κ2) is 9.81. The standard InChI is InChI=1S/C28H30N6O2/c1-17(2)14-30-26-27-31-15-24(20-7-9-21(10-8-20)28(36)32-22-11-12-22)34(27)16-23(33-26)19-5-3-18(4-6-19)13-25(29)35/h3-10,15-17,22H,11-14H2,1-2H3,(H2,29,35)(H,30,33)(H,32,36). The van der Waals surface area contributed by atoms with Gasteiger partial charge in [0.15, 0.2) is 11.5 Å². The third-order valence-corrected chi connectivity index (χ3v) is 6.15. The summed E-state index contributed by atoms with van der Waals surface area (Å²) in [6.45, 7) is 5.05. The summed E-state index contributed by atoms with van der Waals surface area (Å²) in [4.78, 5) is 33.2. The number of nitrogens with one attached hydrogen (secondary N) is 2. The molecule has 0 saturated heterocycles. The van der Waals surface area contributed by atoms with E-state index in [1.807, 2.05) is 65.3 Å². The van der Waals surface area contributed by atoms with Crippen LogP contribution in [0.4, 0.5) is 5.82 Å². The smallest absolute Gasteiger partial charge is 0.251 e. The Labute approximate surface area is 210 Å². The number of rotatable bonds is 9. The van der Waals surface area contributed by atoms with Crippen molar-refractivity contribution in [3.05, 3.63) is 72.1 Å². The van der Waals surface area contributed by atoms with Crippen molar-refractivity contribution in [3.8, 4) is 22.5 Å². The first kappa shape index (κ1) is 23.5. The van der Waals surface area contributed by atoms with E-state index in [9.17, 15) is 9.59 Å². The van der Waals surface area contributed by atoms with Gasteiger partial charge >= 0.3 is 0 Å². The number of amides is 2. The number of imidazole rings is 1. The molecular formula is C28H30N6O2. The SMILES string of the molecule is CC(C)CNc1nc(-c2ccc(CC(N)=O)cc2)cn2c(-c3ccc(C(=O)NC4CC4)cc3)cnc12. The van der Waals surface area contributed by atoms with Gasteiger partial charge in [0.25, 0.3) is 5.91 Å². The molecule has 2 aromatic heterocycles. The van der Waals surface area contributed by atoms with E-state index >= 15 is 0 Å². The summed E-state index contributed by atoms with van der Waals surface area (Å²) in [5.74, 6) is 0.747. The summed E-state index contributed by atoms with van der Waals surface area (Å²) in [5, 5.41) is 6.46. The van der Waals surface area contributed by atoms with Crippen LogP contribution in [0.3, 0.4) is 0 Å². The van der Waals surface area contributed by atoms with Crippen LogP contribution in [0.25, 0.3) is 28.2 Å². The second-order valence-corrected chi connectivity index (χ2v) is 9.75. The first-order valence-electron chi connectivity index (χ1n) is 12.3. The molecule has 8 nitrogen and oxygen atoms in total. The number of nitrogens with two attached hydrogens (primary N) is 1. The molecule has 0 bridgehead atoms. The zero-order chi connectivity index (χ0) is 25.2. The Bertz CT molecular complexity index is 1400. The lowest BCUT2D eigenvalue weighted by Gasteiger charge is -2.13. The summed E-state index contributed by atoms with van der Waals surface area (Å²) >= 11 is 0. The molecule has 5 rings (SSSR count). The van der Waals surface area contributed by atoms with Gasteiger partial charge in [-0.15, -0.1) is 0 Å². The normalized spacial score (nSPS) is 13.2. The Hall–Kier alpha value is -4.20. The van der Waals surface area contributed by atoms with Gasteiger partial charge < -0.3 is 16.4 Å². The third kappa shape index (κ3) is 5.22. The Morgan fingerprint density at radius 1 is 1.06 bits per heavy atom. The van der Waals surface area contributed by atoms with Crippen LogP contribution in [0, 0.1) is 5.92 Å². The van der Waals surface area contributed by atoms with E-state index in [0.29, 0.717) is 23.3 Å². The van der Waals surface area contributed by atoms with Gasteiger partial charge in [-0.05, 0) is 36.5 Å². The van der Waals surface area contributed by atoms with Crippen molar-refractivity contribution in [2.24, 2.45) is 11.7 Å². The Balaban J connectivity index is 1.52. The molecule has 8 heteroatoms. The molecule has 0 unspecified atom stereocenters. The fourth-order valence-electron chi connectivity index (χ4n) is 4.04. The zero-order valence-corrected chi connectivity index (χ0v) is 20.5. The maximum Gasteiger partial charge on any atom is 0.251 e. The topological polar surface area (TPSA) is 114 Å². The molecule has 0 aliphatic heterocycles. The molecule has 184 valence electrons. The van der Waals surface area contributed by atoms with Crippen LogP contribution in [0.1, 0.15) is 42.6 Å². The van der Waals surface area contributed by atoms with Gasteiger partial charge in [0.1, 0.15) is 0 Å². The number of carbonyl (C=O) groups is 2. The fraction of sp³-hybridized carbons (Fsp3) is 0.286. The van der Waals surface area contributed by atoms with Gasteiger partial charge in [-0.2, -0.15) is 0 Å². The lowest BCUT2D eigenvalue weighted by atomic mass is 10.1. The molecule has 4 N–H and O–H groups in total. The van der Waals surface area contributed by atoms with Gasteiger partial charge in [0, 0.05) is 35.5 Å². The predicted octanol–water partition coefficient (Wildman–Crippen LogP) is 4.05. The van der Waals surface area contributed by atoms with Crippen LogP contribution in [0.15, 0.2) is 60.9 Å².